The van der Waals surface area contributed by atoms with Gasteiger partial charge in [0.05, 0.1) is 11.2 Å². The first-order chi connectivity index (χ1) is 17.0. The molecule has 0 radical (unpaired) electrons. The molecule has 4 rings (SSSR count). The maximum atomic E-state index is 13.9. The van der Waals surface area contributed by atoms with Gasteiger partial charge in [0.25, 0.3) is 0 Å². The highest BCUT2D eigenvalue weighted by Crippen LogP contribution is 2.39. The van der Waals surface area contributed by atoms with Crippen molar-refractivity contribution >= 4 is 16.9 Å². The van der Waals surface area contributed by atoms with Crippen LogP contribution in [0.2, 0.25) is 0 Å². The monoisotopic (exact) mass is 499 g/mol. The van der Waals surface area contributed by atoms with Gasteiger partial charge in [-0.05, 0) is 51.8 Å². The number of rotatable bonds is 8. The van der Waals surface area contributed by atoms with Crippen molar-refractivity contribution < 1.29 is 13.2 Å². The summed E-state index contributed by atoms with van der Waals surface area (Å²) in [5, 5.41) is 7.24. The Bertz CT molecular complexity index is 1290. The predicted molar refractivity (Wildman–Crippen MR) is 137 cm³/mol. The fraction of sp³-hybridized carbons (Fsp3) is 0.385. The molecule has 10 heteroatoms. The van der Waals surface area contributed by atoms with Crippen LogP contribution < -0.4 is 16.4 Å². The van der Waals surface area contributed by atoms with Crippen molar-refractivity contribution in [2.45, 2.75) is 31.1 Å². The second kappa shape index (κ2) is 10.0. The minimum absolute atomic E-state index is 0.0678. The van der Waals surface area contributed by atoms with E-state index < -0.39 is 17.3 Å². The van der Waals surface area contributed by atoms with Crippen LogP contribution in [0.1, 0.15) is 18.9 Å². The Hall–Kier alpha value is -3.21. The van der Waals surface area contributed by atoms with Crippen molar-refractivity contribution in [1.82, 2.24) is 24.8 Å². The number of allylic oxidation sites excluding steroid dienone is 1. The summed E-state index contributed by atoms with van der Waals surface area (Å²) >= 11 is 0. The van der Waals surface area contributed by atoms with E-state index in [1.54, 1.807) is 29.9 Å². The lowest BCUT2D eigenvalue weighted by molar-refractivity contribution is -0.137. The molecule has 0 saturated heterocycles. The zero-order valence-electron chi connectivity index (χ0n) is 20.9. The van der Waals surface area contributed by atoms with Crippen LogP contribution in [-0.4, -0.2) is 58.2 Å². The number of halogens is 3. The Morgan fingerprint density at radius 2 is 1.97 bits per heavy atom. The zero-order valence-corrected chi connectivity index (χ0v) is 20.9. The molecule has 192 valence electrons. The van der Waals surface area contributed by atoms with Crippen molar-refractivity contribution in [2.24, 2.45) is 12.8 Å². The first kappa shape index (κ1) is 25.9. The van der Waals surface area contributed by atoms with Crippen LogP contribution in [0.5, 0.6) is 0 Å². The fourth-order valence-corrected chi connectivity index (χ4v) is 4.60. The summed E-state index contributed by atoms with van der Waals surface area (Å²) in [7, 11) is 5.82. The number of nitrogens with one attached hydrogen (secondary N) is 2. The third-order valence-electron chi connectivity index (χ3n) is 6.50. The Morgan fingerprint density at radius 3 is 2.64 bits per heavy atom. The topological polar surface area (TPSA) is 84.0 Å². The van der Waals surface area contributed by atoms with E-state index in [1.165, 1.54) is 0 Å². The SMILES string of the molecule is CCNC1(CCN(C)C)C=CC(Nc2ncc(C(F)(F)F)c(-c3cn(C)c4ccccc34)n2)=CC1N. The molecule has 1 aromatic carbocycles. The van der Waals surface area contributed by atoms with E-state index in [1.807, 2.05) is 51.4 Å². The van der Waals surface area contributed by atoms with Crippen molar-refractivity contribution in [3.63, 3.8) is 0 Å². The number of nitrogens with zero attached hydrogens (tertiary/aromatic N) is 4. The largest absolute Gasteiger partial charge is 0.419 e. The quantitative estimate of drug-likeness (QED) is 0.432. The van der Waals surface area contributed by atoms with Gasteiger partial charge in [0.2, 0.25) is 5.95 Å². The van der Waals surface area contributed by atoms with E-state index in [-0.39, 0.29) is 17.7 Å². The van der Waals surface area contributed by atoms with Crippen LogP contribution in [0, 0.1) is 0 Å². The normalized spacial score (nSPS) is 20.2. The van der Waals surface area contributed by atoms with E-state index in [0.717, 1.165) is 31.2 Å². The van der Waals surface area contributed by atoms with Crippen molar-refractivity contribution in [3.8, 4) is 11.3 Å². The highest BCUT2D eigenvalue weighted by molar-refractivity contribution is 5.96. The second-order valence-electron chi connectivity index (χ2n) is 9.35. The molecule has 36 heavy (non-hydrogen) atoms. The molecule has 3 aromatic rings. The van der Waals surface area contributed by atoms with E-state index in [4.69, 9.17) is 5.73 Å². The smallest absolute Gasteiger partial charge is 0.350 e. The summed E-state index contributed by atoms with van der Waals surface area (Å²) in [6, 6.07) is 6.95. The maximum absolute atomic E-state index is 13.9. The molecule has 2 atom stereocenters. The Kier molecular flexibility index (Phi) is 7.21. The standard InChI is InChI=1S/C26H32F3N7/c1-5-32-25(12-13-35(2)3)11-10-17(14-22(25)30)33-24-31-15-20(26(27,28)29)23(34-24)19-16-36(4)21-9-7-6-8-18(19)21/h6-11,14-16,22,32H,5,12-13,30H2,1-4H3,(H,31,33,34). The lowest BCUT2D eigenvalue weighted by Gasteiger charge is -2.39. The molecule has 1 aliphatic carbocycles. The van der Waals surface area contributed by atoms with E-state index in [9.17, 15) is 13.2 Å². The summed E-state index contributed by atoms with van der Waals surface area (Å²) in [6.07, 6.45) is 4.45. The Balaban J connectivity index is 1.68. The van der Waals surface area contributed by atoms with Crippen LogP contribution in [0.3, 0.4) is 0 Å². The molecule has 0 aliphatic heterocycles. The average molecular weight is 500 g/mol. The van der Waals surface area contributed by atoms with E-state index in [2.05, 4.69) is 25.5 Å². The van der Waals surface area contributed by atoms with Crippen LogP contribution in [0.4, 0.5) is 19.1 Å². The highest BCUT2D eigenvalue weighted by atomic mass is 19.4. The third-order valence-corrected chi connectivity index (χ3v) is 6.50. The van der Waals surface area contributed by atoms with Gasteiger partial charge in [-0.25, -0.2) is 9.97 Å². The number of aryl methyl sites for hydroxylation is 1. The average Bonchev–Trinajstić information content (AvgIpc) is 3.16. The summed E-state index contributed by atoms with van der Waals surface area (Å²) in [5.74, 6) is 0.0678. The van der Waals surface area contributed by atoms with Gasteiger partial charge in [-0.1, -0.05) is 31.2 Å². The number of fused-ring (bicyclic) bond motifs is 1. The molecule has 0 spiro atoms. The summed E-state index contributed by atoms with van der Waals surface area (Å²) in [6.45, 7) is 3.62. The number of hydrogen-bond acceptors (Lipinski definition) is 6. The summed E-state index contributed by atoms with van der Waals surface area (Å²) < 4.78 is 43.5. The minimum atomic E-state index is -4.60. The lowest BCUT2D eigenvalue weighted by atomic mass is 9.82. The molecule has 0 saturated carbocycles. The molecule has 0 bridgehead atoms. The number of para-hydroxylation sites is 1. The maximum Gasteiger partial charge on any atom is 0.419 e. The summed E-state index contributed by atoms with van der Waals surface area (Å²) in [4.78, 5) is 10.4. The molecule has 4 N–H and O–H groups in total. The van der Waals surface area contributed by atoms with Crippen LogP contribution in [0.15, 0.2) is 60.6 Å². The van der Waals surface area contributed by atoms with Crippen molar-refractivity contribution in [3.05, 3.63) is 66.1 Å². The number of anilines is 1. The highest BCUT2D eigenvalue weighted by Gasteiger charge is 2.37. The van der Waals surface area contributed by atoms with Gasteiger partial charge in [0, 0.05) is 47.6 Å². The second-order valence-corrected chi connectivity index (χ2v) is 9.35. The molecule has 2 unspecified atom stereocenters. The number of aromatic nitrogens is 3. The molecule has 1 aliphatic rings. The number of likely N-dealkylation sites (N-methyl/N-ethyl adjacent to an activating group) is 1. The molecule has 0 fully saturated rings. The Labute approximate surface area is 208 Å². The minimum Gasteiger partial charge on any atom is -0.350 e. The molecule has 2 heterocycles. The van der Waals surface area contributed by atoms with Gasteiger partial charge in [0.15, 0.2) is 0 Å². The summed E-state index contributed by atoms with van der Waals surface area (Å²) in [5.41, 5.74) is 6.92. The van der Waals surface area contributed by atoms with Crippen LogP contribution in [0.25, 0.3) is 22.2 Å². The van der Waals surface area contributed by atoms with Gasteiger partial charge < -0.3 is 25.8 Å². The molecular weight excluding hydrogens is 467 g/mol. The number of nitrogens with two attached hydrogens (primary N) is 1. The van der Waals surface area contributed by atoms with Crippen LogP contribution >= 0.6 is 0 Å². The first-order valence-corrected chi connectivity index (χ1v) is 11.9. The van der Waals surface area contributed by atoms with Gasteiger partial charge in [-0.2, -0.15) is 13.2 Å². The Morgan fingerprint density at radius 1 is 1.22 bits per heavy atom. The molecule has 2 aromatic heterocycles. The fourth-order valence-electron chi connectivity index (χ4n) is 4.60. The van der Waals surface area contributed by atoms with Crippen molar-refractivity contribution in [2.75, 3.05) is 32.5 Å². The number of benzene rings is 1. The molecular formula is C26H32F3N7. The predicted octanol–water partition coefficient (Wildman–Crippen LogP) is 4.15. The van der Waals surface area contributed by atoms with Gasteiger partial charge in [-0.15, -0.1) is 0 Å². The van der Waals surface area contributed by atoms with Crippen molar-refractivity contribution in [1.29, 1.82) is 0 Å². The molecule has 7 nitrogen and oxygen atoms in total. The van der Waals surface area contributed by atoms with Gasteiger partial charge in [0.1, 0.15) is 5.56 Å². The van der Waals surface area contributed by atoms with E-state index >= 15 is 0 Å². The third kappa shape index (κ3) is 5.16. The number of hydrogen-bond donors (Lipinski definition) is 3. The number of alkyl halides is 3. The zero-order chi connectivity index (χ0) is 26.1. The van der Waals surface area contributed by atoms with E-state index in [0.29, 0.717) is 16.6 Å². The van der Waals surface area contributed by atoms with Crippen LogP contribution in [-0.2, 0) is 13.2 Å². The van der Waals surface area contributed by atoms with Gasteiger partial charge in [-0.3, -0.25) is 0 Å². The lowest BCUT2D eigenvalue weighted by Crippen LogP contribution is -2.58. The molecule has 0 amide bonds. The van der Waals surface area contributed by atoms with Gasteiger partial charge >= 0.3 is 6.18 Å². The first-order valence-electron chi connectivity index (χ1n) is 11.9.